The number of fused-ring (bicyclic) bond motifs is 1. The predicted octanol–water partition coefficient (Wildman–Crippen LogP) is 2.67. The van der Waals surface area contributed by atoms with Crippen LogP contribution in [0.2, 0.25) is 0 Å². The molecule has 2 aromatic heterocycles. The van der Waals surface area contributed by atoms with Gasteiger partial charge < -0.3 is 10.1 Å². The molecule has 0 bridgehead atoms. The molecule has 2 atom stereocenters. The molecule has 2 unspecified atom stereocenters. The van der Waals surface area contributed by atoms with E-state index in [1.807, 2.05) is 5.38 Å². The molecule has 2 aromatic rings. The van der Waals surface area contributed by atoms with Crippen LogP contribution in [0.1, 0.15) is 19.3 Å². The standard InChI is InChI=1S/C12H15N3OS/c1-16-10-4-2-3-9(10)15-11-8-5-6-17-12(8)14-7-13-11/h5-7,9-10H,2-4H2,1H3,(H,13,14,15). The van der Waals surface area contributed by atoms with E-state index < -0.39 is 0 Å². The lowest BCUT2D eigenvalue weighted by atomic mass is 10.2. The van der Waals surface area contributed by atoms with Gasteiger partial charge in [0.1, 0.15) is 17.0 Å². The molecule has 1 N–H and O–H groups in total. The van der Waals surface area contributed by atoms with Gasteiger partial charge in [-0.25, -0.2) is 9.97 Å². The van der Waals surface area contributed by atoms with Gasteiger partial charge in [0.05, 0.1) is 17.5 Å². The summed E-state index contributed by atoms with van der Waals surface area (Å²) in [6.45, 7) is 0. The van der Waals surface area contributed by atoms with Gasteiger partial charge >= 0.3 is 0 Å². The van der Waals surface area contributed by atoms with Gasteiger partial charge in [-0.2, -0.15) is 0 Å². The number of rotatable bonds is 3. The third kappa shape index (κ3) is 2.00. The third-order valence-corrected chi connectivity index (χ3v) is 4.16. The van der Waals surface area contributed by atoms with Crippen molar-refractivity contribution in [2.75, 3.05) is 12.4 Å². The van der Waals surface area contributed by atoms with Gasteiger partial charge in [0.15, 0.2) is 0 Å². The minimum absolute atomic E-state index is 0.304. The summed E-state index contributed by atoms with van der Waals surface area (Å²) in [4.78, 5) is 9.63. The highest BCUT2D eigenvalue weighted by Gasteiger charge is 2.27. The van der Waals surface area contributed by atoms with Crippen LogP contribution in [-0.2, 0) is 4.74 Å². The average molecular weight is 249 g/mol. The molecule has 0 radical (unpaired) electrons. The molecule has 90 valence electrons. The first-order valence-corrected chi connectivity index (χ1v) is 6.74. The van der Waals surface area contributed by atoms with Gasteiger partial charge in [-0.15, -0.1) is 11.3 Å². The van der Waals surface area contributed by atoms with Crippen LogP contribution in [0.25, 0.3) is 10.2 Å². The van der Waals surface area contributed by atoms with E-state index in [2.05, 4.69) is 21.4 Å². The summed E-state index contributed by atoms with van der Waals surface area (Å²) in [5, 5.41) is 6.66. The summed E-state index contributed by atoms with van der Waals surface area (Å²) in [5.41, 5.74) is 0. The highest BCUT2D eigenvalue weighted by Crippen LogP contribution is 2.28. The maximum Gasteiger partial charge on any atom is 0.138 e. The third-order valence-electron chi connectivity index (χ3n) is 3.34. The normalized spacial score (nSPS) is 24.3. The molecule has 4 nitrogen and oxygen atoms in total. The van der Waals surface area contributed by atoms with Crippen LogP contribution in [0.15, 0.2) is 17.8 Å². The molecule has 5 heteroatoms. The summed E-state index contributed by atoms with van der Waals surface area (Å²) in [7, 11) is 1.78. The number of ether oxygens (including phenoxy) is 1. The van der Waals surface area contributed by atoms with Crippen LogP contribution >= 0.6 is 11.3 Å². The van der Waals surface area contributed by atoms with E-state index in [0.717, 1.165) is 28.9 Å². The summed E-state index contributed by atoms with van der Waals surface area (Å²) >= 11 is 1.64. The number of methoxy groups -OCH3 is 1. The van der Waals surface area contributed by atoms with Crippen molar-refractivity contribution in [1.29, 1.82) is 0 Å². The summed E-state index contributed by atoms with van der Waals surface area (Å²) in [6, 6.07) is 2.44. The van der Waals surface area contributed by atoms with Crippen LogP contribution in [0.4, 0.5) is 5.82 Å². The SMILES string of the molecule is COC1CCCC1Nc1ncnc2sccc12. The minimum Gasteiger partial charge on any atom is -0.379 e. The van der Waals surface area contributed by atoms with E-state index in [-0.39, 0.29) is 0 Å². The van der Waals surface area contributed by atoms with Crippen molar-refractivity contribution in [3.63, 3.8) is 0 Å². The van der Waals surface area contributed by atoms with Crippen molar-refractivity contribution < 1.29 is 4.74 Å². The maximum absolute atomic E-state index is 5.49. The first-order chi connectivity index (χ1) is 8.38. The van der Waals surface area contributed by atoms with Crippen LogP contribution in [0.5, 0.6) is 0 Å². The number of anilines is 1. The van der Waals surface area contributed by atoms with E-state index >= 15 is 0 Å². The number of nitrogens with one attached hydrogen (secondary N) is 1. The van der Waals surface area contributed by atoms with Crippen molar-refractivity contribution >= 4 is 27.4 Å². The average Bonchev–Trinajstić information content (AvgIpc) is 2.97. The Labute approximate surface area is 104 Å². The highest BCUT2D eigenvalue weighted by molar-refractivity contribution is 7.16. The van der Waals surface area contributed by atoms with E-state index in [1.54, 1.807) is 24.8 Å². The van der Waals surface area contributed by atoms with Crippen LogP contribution in [0, 0.1) is 0 Å². The summed E-state index contributed by atoms with van der Waals surface area (Å²) < 4.78 is 5.49. The molecular weight excluding hydrogens is 234 g/mol. The second kappa shape index (κ2) is 4.58. The van der Waals surface area contributed by atoms with Crippen molar-refractivity contribution in [3.8, 4) is 0 Å². The second-order valence-corrected chi connectivity index (χ2v) is 5.21. The lowest BCUT2D eigenvalue weighted by Gasteiger charge is -2.20. The lowest BCUT2D eigenvalue weighted by Crippen LogP contribution is -2.30. The van der Waals surface area contributed by atoms with Crippen molar-refractivity contribution in [2.24, 2.45) is 0 Å². The lowest BCUT2D eigenvalue weighted by molar-refractivity contribution is 0.101. The first kappa shape index (κ1) is 10.9. The number of thiophene rings is 1. The second-order valence-electron chi connectivity index (χ2n) is 4.32. The molecule has 0 amide bonds. The molecule has 1 saturated carbocycles. The Morgan fingerprint density at radius 2 is 2.35 bits per heavy atom. The molecule has 1 aliphatic rings. The Bertz CT molecular complexity index is 513. The zero-order valence-corrected chi connectivity index (χ0v) is 10.5. The molecule has 1 fully saturated rings. The molecule has 2 heterocycles. The fourth-order valence-electron chi connectivity index (χ4n) is 2.45. The highest BCUT2D eigenvalue weighted by atomic mass is 32.1. The van der Waals surface area contributed by atoms with E-state index in [0.29, 0.717) is 12.1 Å². The van der Waals surface area contributed by atoms with E-state index in [1.165, 1.54) is 6.42 Å². The molecule has 17 heavy (non-hydrogen) atoms. The van der Waals surface area contributed by atoms with Gasteiger partial charge in [0.2, 0.25) is 0 Å². The molecule has 1 aliphatic carbocycles. The number of nitrogens with zero attached hydrogens (tertiary/aromatic N) is 2. The minimum atomic E-state index is 0.304. The Balaban J connectivity index is 1.87. The van der Waals surface area contributed by atoms with Gasteiger partial charge in [-0.05, 0) is 30.7 Å². The van der Waals surface area contributed by atoms with E-state index in [4.69, 9.17) is 4.74 Å². The Morgan fingerprint density at radius 1 is 1.41 bits per heavy atom. The van der Waals surface area contributed by atoms with Gasteiger partial charge in [0.25, 0.3) is 0 Å². The van der Waals surface area contributed by atoms with Crippen LogP contribution in [0.3, 0.4) is 0 Å². The Morgan fingerprint density at radius 3 is 3.24 bits per heavy atom. The van der Waals surface area contributed by atoms with Gasteiger partial charge in [0, 0.05) is 7.11 Å². The molecular formula is C12H15N3OS. The largest absolute Gasteiger partial charge is 0.379 e. The molecule has 0 aliphatic heterocycles. The number of hydrogen-bond donors (Lipinski definition) is 1. The van der Waals surface area contributed by atoms with Crippen LogP contribution < -0.4 is 5.32 Å². The summed E-state index contributed by atoms with van der Waals surface area (Å²) in [6.07, 6.45) is 5.42. The molecule has 0 spiro atoms. The fraction of sp³-hybridized carbons (Fsp3) is 0.500. The number of aromatic nitrogens is 2. The predicted molar refractivity (Wildman–Crippen MR) is 69.5 cm³/mol. The van der Waals surface area contributed by atoms with E-state index in [9.17, 15) is 0 Å². The topological polar surface area (TPSA) is 47.0 Å². The Hall–Kier alpha value is -1.20. The monoisotopic (exact) mass is 249 g/mol. The van der Waals surface area contributed by atoms with Gasteiger partial charge in [-0.3, -0.25) is 0 Å². The van der Waals surface area contributed by atoms with Crippen LogP contribution in [-0.4, -0.2) is 29.2 Å². The smallest absolute Gasteiger partial charge is 0.138 e. The van der Waals surface area contributed by atoms with Crippen molar-refractivity contribution in [2.45, 2.75) is 31.4 Å². The van der Waals surface area contributed by atoms with Crippen molar-refractivity contribution in [3.05, 3.63) is 17.8 Å². The number of hydrogen-bond acceptors (Lipinski definition) is 5. The zero-order chi connectivity index (χ0) is 11.7. The van der Waals surface area contributed by atoms with Crippen molar-refractivity contribution in [1.82, 2.24) is 9.97 Å². The maximum atomic E-state index is 5.49. The first-order valence-electron chi connectivity index (χ1n) is 5.86. The molecule has 0 saturated heterocycles. The molecule has 0 aromatic carbocycles. The van der Waals surface area contributed by atoms with Gasteiger partial charge in [-0.1, -0.05) is 0 Å². The Kier molecular flexibility index (Phi) is 2.94. The quantitative estimate of drug-likeness (QED) is 0.908. The summed E-state index contributed by atoms with van der Waals surface area (Å²) in [5.74, 6) is 0.935. The zero-order valence-electron chi connectivity index (χ0n) is 9.72. The molecule has 3 rings (SSSR count). The fourth-order valence-corrected chi connectivity index (χ4v) is 3.19.